The van der Waals surface area contributed by atoms with Crippen molar-refractivity contribution in [3.8, 4) is 0 Å². The number of hydrogen-bond donors (Lipinski definition) is 1. The Morgan fingerprint density at radius 2 is 1.78 bits per heavy atom. The average molecular weight is 246 g/mol. The Kier molecular flexibility index (Phi) is 5.21. The molecule has 0 aromatic heterocycles. The molecule has 0 saturated carbocycles. The molecule has 1 saturated heterocycles. The first kappa shape index (κ1) is 13.6. The Hall–Kier alpha value is -0.860. The van der Waals surface area contributed by atoms with Crippen molar-refractivity contribution in [2.24, 2.45) is 0 Å². The van der Waals surface area contributed by atoms with E-state index in [1.54, 1.807) is 0 Å². The van der Waals surface area contributed by atoms with Gasteiger partial charge < -0.3 is 5.32 Å². The summed E-state index contributed by atoms with van der Waals surface area (Å²) in [6, 6.07) is 12.0. The highest BCUT2D eigenvalue weighted by atomic mass is 15.2. The van der Waals surface area contributed by atoms with E-state index in [-0.39, 0.29) is 0 Å². The second-order valence-electron chi connectivity index (χ2n) is 5.16. The summed E-state index contributed by atoms with van der Waals surface area (Å²) >= 11 is 0. The highest BCUT2D eigenvalue weighted by molar-refractivity contribution is 5.20. The Morgan fingerprint density at radius 3 is 2.33 bits per heavy atom. The molecule has 0 radical (unpaired) electrons. The monoisotopic (exact) mass is 246 g/mol. The van der Waals surface area contributed by atoms with Crippen LogP contribution in [0.4, 0.5) is 0 Å². The standard InChI is InChI=1S/C16H26N2/c1-3-15(18-12-8-9-13-18)16(17-4-2)14-10-6-5-7-11-14/h5-7,10-11,15-17H,3-4,8-9,12-13H2,1-2H3. The number of likely N-dealkylation sites (N-methyl/N-ethyl adjacent to an activating group) is 1. The zero-order valence-corrected chi connectivity index (χ0v) is 11.7. The molecule has 100 valence electrons. The van der Waals surface area contributed by atoms with E-state index in [2.05, 4.69) is 54.4 Å². The van der Waals surface area contributed by atoms with Gasteiger partial charge in [-0.2, -0.15) is 0 Å². The molecule has 2 atom stereocenters. The van der Waals surface area contributed by atoms with Gasteiger partial charge in [0.05, 0.1) is 0 Å². The Balaban J connectivity index is 2.16. The van der Waals surface area contributed by atoms with Gasteiger partial charge in [-0.15, -0.1) is 0 Å². The van der Waals surface area contributed by atoms with Gasteiger partial charge in [0.15, 0.2) is 0 Å². The average Bonchev–Trinajstić information content (AvgIpc) is 2.94. The van der Waals surface area contributed by atoms with Crippen LogP contribution in [0.2, 0.25) is 0 Å². The lowest BCUT2D eigenvalue weighted by atomic mass is 9.96. The molecule has 0 bridgehead atoms. The Morgan fingerprint density at radius 1 is 1.11 bits per heavy atom. The van der Waals surface area contributed by atoms with Gasteiger partial charge in [0.2, 0.25) is 0 Å². The molecule has 1 aromatic rings. The summed E-state index contributed by atoms with van der Waals surface area (Å²) in [5.74, 6) is 0. The van der Waals surface area contributed by atoms with Crippen molar-refractivity contribution in [2.45, 2.75) is 45.2 Å². The molecule has 2 rings (SSSR count). The minimum absolute atomic E-state index is 0.472. The van der Waals surface area contributed by atoms with Crippen molar-refractivity contribution in [2.75, 3.05) is 19.6 Å². The maximum Gasteiger partial charge on any atom is 0.0477 e. The van der Waals surface area contributed by atoms with Crippen LogP contribution in [0.25, 0.3) is 0 Å². The van der Waals surface area contributed by atoms with E-state index in [9.17, 15) is 0 Å². The van der Waals surface area contributed by atoms with Crippen LogP contribution in [0.1, 0.15) is 44.7 Å². The molecule has 2 unspecified atom stereocenters. The number of hydrogen-bond acceptors (Lipinski definition) is 2. The second-order valence-corrected chi connectivity index (χ2v) is 5.16. The van der Waals surface area contributed by atoms with E-state index >= 15 is 0 Å². The van der Waals surface area contributed by atoms with Crippen LogP contribution in [0, 0.1) is 0 Å². The molecule has 1 N–H and O–H groups in total. The predicted octanol–water partition coefficient (Wildman–Crippen LogP) is 3.21. The van der Waals surface area contributed by atoms with Gasteiger partial charge in [0.1, 0.15) is 0 Å². The van der Waals surface area contributed by atoms with Crippen LogP contribution in [-0.2, 0) is 0 Å². The predicted molar refractivity (Wildman–Crippen MR) is 77.7 cm³/mol. The summed E-state index contributed by atoms with van der Waals surface area (Å²) in [7, 11) is 0. The SMILES string of the molecule is CCNC(c1ccccc1)C(CC)N1CCCC1. The first-order valence-electron chi connectivity index (χ1n) is 7.39. The van der Waals surface area contributed by atoms with Crippen molar-refractivity contribution >= 4 is 0 Å². The second kappa shape index (κ2) is 6.91. The smallest absolute Gasteiger partial charge is 0.0477 e. The molecule has 1 aromatic carbocycles. The Labute approximate surface area is 111 Å². The van der Waals surface area contributed by atoms with Gasteiger partial charge in [0, 0.05) is 12.1 Å². The molecule has 0 amide bonds. The van der Waals surface area contributed by atoms with E-state index in [0.29, 0.717) is 12.1 Å². The normalized spacial score (nSPS) is 19.9. The summed E-state index contributed by atoms with van der Waals surface area (Å²) in [6.07, 6.45) is 3.95. The number of benzene rings is 1. The summed E-state index contributed by atoms with van der Waals surface area (Å²) in [5, 5.41) is 3.69. The molecule has 2 nitrogen and oxygen atoms in total. The van der Waals surface area contributed by atoms with E-state index in [4.69, 9.17) is 0 Å². The van der Waals surface area contributed by atoms with Gasteiger partial charge in [-0.05, 0) is 44.5 Å². The molecule has 1 aliphatic heterocycles. The fraction of sp³-hybridized carbons (Fsp3) is 0.625. The fourth-order valence-corrected chi connectivity index (χ4v) is 3.13. The number of likely N-dealkylation sites (tertiary alicyclic amines) is 1. The van der Waals surface area contributed by atoms with Crippen molar-refractivity contribution in [3.63, 3.8) is 0 Å². The summed E-state index contributed by atoms with van der Waals surface area (Å²) in [5.41, 5.74) is 1.43. The minimum Gasteiger partial charge on any atom is -0.309 e. The number of nitrogens with one attached hydrogen (secondary N) is 1. The van der Waals surface area contributed by atoms with Gasteiger partial charge in [-0.25, -0.2) is 0 Å². The summed E-state index contributed by atoms with van der Waals surface area (Å²) in [4.78, 5) is 2.67. The van der Waals surface area contributed by atoms with Gasteiger partial charge in [0.25, 0.3) is 0 Å². The van der Waals surface area contributed by atoms with E-state index in [1.165, 1.54) is 37.9 Å². The fourth-order valence-electron chi connectivity index (χ4n) is 3.13. The van der Waals surface area contributed by atoms with Gasteiger partial charge >= 0.3 is 0 Å². The van der Waals surface area contributed by atoms with Crippen molar-refractivity contribution in [1.29, 1.82) is 0 Å². The topological polar surface area (TPSA) is 15.3 Å². The number of nitrogens with zero attached hydrogens (tertiary/aromatic N) is 1. The first-order chi connectivity index (χ1) is 8.86. The lowest BCUT2D eigenvalue weighted by Gasteiger charge is -2.34. The first-order valence-corrected chi connectivity index (χ1v) is 7.39. The van der Waals surface area contributed by atoms with E-state index < -0.39 is 0 Å². The Bertz CT molecular complexity index is 330. The molecule has 2 heteroatoms. The van der Waals surface area contributed by atoms with Gasteiger partial charge in [-0.3, -0.25) is 4.90 Å². The molecule has 0 aliphatic carbocycles. The molecule has 1 fully saturated rings. The summed E-state index contributed by atoms with van der Waals surface area (Å²) in [6.45, 7) is 8.09. The van der Waals surface area contributed by atoms with Crippen molar-refractivity contribution in [1.82, 2.24) is 10.2 Å². The third-order valence-corrected chi connectivity index (χ3v) is 4.00. The van der Waals surface area contributed by atoms with Gasteiger partial charge in [-0.1, -0.05) is 44.2 Å². The molecule has 18 heavy (non-hydrogen) atoms. The van der Waals surface area contributed by atoms with Crippen molar-refractivity contribution in [3.05, 3.63) is 35.9 Å². The lowest BCUT2D eigenvalue weighted by molar-refractivity contribution is 0.186. The number of rotatable bonds is 6. The highest BCUT2D eigenvalue weighted by Crippen LogP contribution is 2.26. The zero-order valence-electron chi connectivity index (χ0n) is 11.7. The highest BCUT2D eigenvalue weighted by Gasteiger charge is 2.28. The zero-order chi connectivity index (χ0) is 12.8. The molecule has 1 heterocycles. The van der Waals surface area contributed by atoms with E-state index in [0.717, 1.165) is 6.54 Å². The maximum atomic E-state index is 3.69. The third-order valence-electron chi connectivity index (χ3n) is 4.00. The third kappa shape index (κ3) is 3.12. The van der Waals surface area contributed by atoms with Crippen LogP contribution in [-0.4, -0.2) is 30.6 Å². The molecule has 1 aliphatic rings. The molecule has 0 spiro atoms. The van der Waals surface area contributed by atoms with E-state index in [1.807, 2.05) is 0 Å². The lowest BCUT2D eigenvalue weighted by Crippen LogP contribution is -2.43. The van der Waals surface area contributed by atoms with Crippen LogP contribution in [0.15, 0.2) is 30.3 Å². The van der Waals surface area contributed by atoms with Crippen LogP contribution in [0.3, 0.4) is 0 Å². The molecular formula is C16H26N2. The minimum atomic E-state index is 0.472. The quantitative estimate of drug-likeness (QED) is 0.829. The summed E-state index contributed by atoms with van der Waals surface area (Å²) < 4.78 is 0. The maximum absolute atomic E-state index is 3.69. The molecular weight excluding hydrogens is 220 g/mol. The van der Waals surface area contributed by atoms with Crippen molar-refractivity contribution < 1.29 is 0 Å². The van der Waals surface area contributed by atoms with Crippen LogP contribution in [0.5, 0.6) is 0 Å². The van der Waals surface area contributed by atoms with Crippen LogP contribution < -0.4 is 5.32 Å². The van der Waals surface area contributed by atoms with Crippen LogP contribution >= 0.6 is 0 Å². The largest absolute Gasteiger partial charge is 0.309 e.